The van der Waals surface area contributed by atoms with Crippen LogP contribution in [0.3, 0.4) is 0 Å². The van der Waals surface area contributed by atoms with Gasteiger partial charge in [0.15, 0.2) is 4.34 Å². The van der Waals surface area contributed by atoms with Gasteiger partial charge in [-0.1, -0.05) is 54.2 Å². The number of benzene rings is 2. The first-order valence-corrected chi connectivity index (χ1v) is 10.8. The number of hydrogen-bond acceptors (Lipinski definition) is 6. The number of ether oxygens (including phenoxy) is 1. The summed E-state index contributed by atoms with van der Waals surface area (Å²) in [5.74, 6) is 0.157. The van der Waals surface area contributed by atoms with Gasteiger partial charge in [-0.15, -0.1) is 11.3 Å². The van der Waals surface area contributed by atoms with Gasteiger partial charge in [-0.3, -0.25) is 9.59 Å². The Morgan fingerprint density at radius 1 is 1.11 bits per heavy atom. The van der Waals surface area contributed by atoms with E-state index in [0.29, 0.717) is 12.0 Å². The normalized spacial score (nSPS) is 11.9. The van der Waals surface area contributed by atoms with Crippen LogP contribution in [0.1, 0.15) is 24.5 Å². The van der Waals surface area contributed by atoms with E-state index in [1.165, 1.54) is 4.90 Å². The molecule has 1 aromatic heterocycles. The van der Waals surface area contributed by atoms with Gasteiger partial charge < -0.3 is 9.64 Å². The predicted octanol–water partition coefficient (Wildman–Crippen LogP) is 4.54. The number of hydrogen-bond donors (Lipinski definition) is 0. The maximum absolute atomic E-state index is 12.4. The minimum Gasteiger partial charge on any atom is -0.447 e. The minimum absolute atomic E-state index is 0.247. The molecule has 0 fully saturated rings. The second-order valence-electron chi connectivity index (χ2n) is 6.41. The Hall–Kier alpha value is -2.38. The zero-order chi connectivity index (χ0) is 19.9. The second-order valence-corrected chi connectivity index (χ2v) is 8.79. The average Bonchev–Trinajstić information content (AvgIpc) is 3.12. The molecule has 0 aliphatic rings. The van der Waals surface area contributed by atoms with Gasteiger partial charge in [-0.2, -0.15) is 0 Å². The molecule has 0 saturated carbocycles. The Kier molecular flexibility index (Phi) is 7.06. The number of thioether (sulfide) groups is 1. The van der Waals surface area contributed by atoms with Crippen molar-refractivity contribution < 1.29 is 14.3 Å². The molecule has 0 aliphatic heterocycles. The number of fused-ring (bicyclic) bond motifs is 1. The first-order chi connectivity index (χ1) is 13.5. The van der Waals surface area contributed by atoms with Gasteiger partial charge in [0.2, 0.25) is 6.10 Å². The van der Waals surface area contributed by atoms with Gasteiger partial charge in [-0.05, 0) is 18.6 Å². The molecule has 1 amide bonds. The number of para-hydroxylation sites is 1. The van der Waals surface area contributed by atoms with Crippen LogP contribution in [0, 0.1) is 0 Å². The first kappa shape index (κ1) is 20.4. The molecule has 1 heterocycles. The van der Waals surface area contributed by atoms with Crippen LogP contribution in [0.2, 0.25) is 0 Å². The van der Waals surface area contributed by atoms with Crippen LogP contribution in [0.5, 0.6) is 0 Å². The number of likely N-dealkylation sites (N-methyl/N-ethyl adjacent to an activating group) is 1. The van der Waals surface area contributed by atoms with Crippen molar-refractivity contribution in [2.45, 2.75) is 23.3 Å². The number of amides is 1. The molecule has 1 atom stereocenters. The van der Waals surface area contributed by atoms with E-state index in [4.69, 9.17) is 4.74 Å². The van der Waals surface area contributed by atoms with Crippen molar-refractivity contribution in [3.05, 3.63) is 60.2 Å². The Labute approximate surface area is 172 Å². The topological polar surface area (TPSA) is 59.5 Å². The highest BCUT2D eigenvalue weighted by Gasteiger charge is 2.26. The Morgan fingerprint density at radius 3 is 2.54 bits per heavy atom. The number of thiazole rings is 1. The number of carbonyl (C=O) groups is 2. The van der Waals surface area contributed by atoms with Crippen molar-refractivity contribution in [3.63, 3.8) is 0 Å². The highest BCUT2D eigenvalue weighted by Crippen LogP contribution is 2.30. The Bertz CT molecular complexity index is 908. The molecule has 0 spiro atoms. The lowest BCUT2D eigenvalue weighted by Gasteiger charge is -2.21. The molecule has 5 nitrogen and oxygen atoms in total. The van der Waals surface area contributed by atoms with Crippen LogP contribution < -0.4 is 0 Å². The van der Waals surface area contributed by atoms with E-state index in [9.17, 15) is 9.59 Å². The molecule has 7 heteroatoms. The fourth-order valence-corrected chi connectivity index (χ4v) is 4.68. The van der Waals surface area contributed by atoms with Crippen LogP contribution in [-0.4, -0.2) is 41.6 Å². The van der Waals surface area contributed by atoms with Crippen LogP contribution in [-0.2, 0) is 14.3 Å². The Balaban J connectivity index is 1.51. The van der Waals surface area contributed by atoms with E-state index in [1.807, 2.05) is 36.4 Å². The van der Waals surface area contributed by atoms with E-state index in [-0.39, 0.29) is 18.3 Å². The third kappa shape index (κ3) is 5.33. The average molecular weight is 415 g/mol. The molecule has 146 valence electrons. The van der Waals surface area contributed by atoms with E-state index >= 15 is 0 Å². The molecule has 0 saturated heterocycles. The molecule has 0 unspecified atom stereocenters. The lowest BCUT2D eigenvalue weighted by atomic mass is 10.1. The molecule has 0 N–H and O–H groups in total. The molecule has 28 heavy (non-hydrogen) atoms. The van der Waals surface area contributed by atoms with Gasteiger partial charge in [0, 0.05) is 31.8 Å². The van der Waals surface area contributed by atoms with Gasteiger partial charge in [-0.25, -0.2) is 4.98 Å². The smallest absolute Gasteiger partial charge is 0.306 e. The first-order valence-electron chi connectivity index (χ1n) is 8.98. The number of nitrogens with zero attached hydrogens (tertiary/aromatic N) is 2. The standard InChI is InChI=1S/C21H22N2O3S2/c1-23(2)20(25)19(15-9-4-3-5-10-15)26-18(24)13-8-14-27-21-22-16-11-6-7-12-17(16)28-21/h3-7,9-12,19H,8,13-14H2,1-2H3/t19-/m0/s1. The lowest BCUT2D eigenvalue weighted by molar-refractivity contribution is -0.159. The van der Waals surface area contributed by atoms with Crippen molar-refractivity contribution in [1.29, 1.82) is 0 Å². The lowest BCUT2D eigenvalue weighted by Crippen LogP contribution is -2.31. The maximum Gasteiger partial charge on any atom is 0.306 e. The highest BCUT2D eigenvalue weighted by atomic mass is 32.2. The summed E-state index contributed by atoms with van der Waals surface area (Å²) in [6, 6.07) is 17.1. The maximum atomic E-state index is 12.4. The fourth-order valence-electron chi connectivity index (χ4n) is 2.60. The third-order valence-corrected chi connectivity index (χ3v) is 6.31. The summed E-state index contributed by atoms with van der Waals surface area (Å²) in [5, 5.41) is 0. The molecule has 0 aliphatic carbocycles. The molecule has 0 bridgehead atoms. The van der Waals surface area contributed by atoms with Crippen LogP contribution in [0.4, 0.5) is 0 Å². The summed E-state index contributed by atoms with van der Waals surface area (Å²) in [4.78, 5) is 30.7. The van der Waals surface area contributed by atoms with Crippen molar-refractivity contribution in [1.82, 2.24) is 9.88 Å². The number of esters is 1. The van der Waals surface area contributed by atoms with E-state index in [2.05, 4.69) is 11.1 Å². The summed E-state index contributed by atoms with van der Waals surface area (Å²) >= 11 is 3.30. The van der Waals surface area contributed by atoms with E-state index < -0.39 is 6.10 Å². The van der Waals surface area contributed by atoms with Crippen molar-refractivity contribution in [3.8, 4) is 0 Å². The fraction of sp³-hybridized carbons (Fsp3) is 0.286. The highest BCUT2D eigenvalue weighted by molar-refractivity contribution is 8.01. The second kappa shape index (κ2) is 9.71. The number of rotatable bonds is 8. The van der Waals surface area contributed by atoms with Gasteiger partial charge >= 0.3 is 5.97 Å². The zero-order valence-corrected chi connectivity index (χ0v) is 17.5. The Morgan fingerprint density at radius 2 is 1.82 bits per heavy atom. The van der Waals surface area contributed by atoms with Crippen molar-refractivity contribution in [2.75, 3.05) is 19.8 Å². The van der Waals surface area contributed by atoms with Gasteiger partial charge in [0.25, 0.3) is 5.91 Å². The van der Waals surface area contributed by atoms with E-state index in [1.54, 1.807) is 49.3 Å². The zero-order valence-electron chi connectivity index (χ0n) is 15.8. The predicted molar refractivity (Wildman–Crippen MR) is 114 cm³/mol. The van der Waals surface area contributed by atoms with Gasteiger partial charge in [0.05, 0.1) is 10.2 Å². The molecule has 2 aromatic carbocycles. The summed E-state index contributed by atoms with van der Waals surface area (Å²) in [5.41, 5.74) is 1.68. The van der Waals surface area contributed by atoms with Crippen LogP contribution in [0.25, 0.3) is 10.2 Å². The SMILES string of the molecule is CN(C)C(=O)[C@@H](OC(=O)CCCSc1nc2ccccc2s1)c1ccccc1. The van der Waals surface area contributed by atoms with E-state index in [0.717, 1.165) is 20.3 Å². The largest absolute Gasteiger partial charge is 0.447 e. The monoisotopic (exact) mass is 414 g/mol. The van der Waals surface area contributed by atoms with Crippen molar-refractivity contribution >= 4 is 45.2 Å². The minimum atomic E-state index is -0.902. The summed E-state index contributed by atoms with van der Waals surface area (Å²) in [7, 11) is 3.31. The number of aromatic nitrogens is 1. The molecule has 3 aromatic rings. The van der Waals surface area contributed by atoms with Crippen LogP contribution >= 0.6 is 23.1 Å². The molecule has 3 rings (SSSR count). The van der Waals surface area contributed by atoms with Crippen LogP contribution in [0.15, 0.2) is 58.9 Å². The quantitative estimate of drug-likeness (QED) is 0.308. The molecular formula is C21H22N2O3S2. The molecule has 0 radical (unpaired) electrons. The molecular weight excluding hydrogens is 392 g/mol. The third-order valence-electron chi connectivity index (χ3n) is 4.04. The summed E-state index contributed by atoms with van der Waals surface area (Å²) in [6.07, 6.45) is 0.0274. The van der Waals surface area contributed by atoms with Crippen molar-refractivity contribution in [2.24, 2.45) is 0 Å². The summed E-state index contributed by atoms with van der Waals surface area (Å²) < 4.78 is 7.67. The summed E-state index contributed by atoms with van der Waals surface area (Å²) in [6.45, 7) is 0. The number of carbonyl (C=O) groups excluding carboxylic acids is 2. The van der Waals surface area contributed by atoms with Gasteiger partial charge in [0.1, 0.15) is 0 Å².